The highest BCUT2D eigenvalue weighted by Crippen LogP contribution is 2.43. The van der Waals surface area contributed by atoms with E-state index in [-0.39, 0.29) is 25.6 Å². The van der Waals surface area contributed by atoms with Crippen LogP contribution in [-0.4, -0.2) is 42.8 Å². The van der Waals surface area contributed by atoms with E-state index in [9.17, 15) is 19.0 Å². The second-order valence-electron chi connectivity index (χ2n) is 15.8. The maximum absolute atomic E-state index is 12.6. The topological polar surface area (TPSA) is 108 Å². The fourth-order valence-electron chi connectivity index (χ4n) is 6.78. The minimum absolute atomic E-state index is 0.000824. The molecular formula is C47H89O8P. The van der Waals surface area contributed by atoms with Gasteiger partial charge in [-0.3, -0.25) is 18.6 Å². The minimum Gasteiger partial charge on any atom is -0.462 e. The summed E-state index contributed by atoms with van der Waals surface area (Å²) in [5.74, 6) is -0.795. The van der Waals surface area contributed by atoms with Crippen molar-refractivity contribution in [2.45, 2.75) is 245 Å². The van der Waals surface area contributed by atoms with Gasteiger partial charge in [0.2, 0.25) is 0 Å². The zero-order chi connectivity index (χ0) is 41.1. The van der Waals surface area contributed by atoms with E-state index in [0.717, 1.165) is 51.4 Å². The number of carbonyl (C=O) groups is 2. The van der Waals surface area contributed by atoms with Crippen LogP contribution in [0.1, 0.15) is 239 Å². The predicted molar refractivity (Wildman–Crippen MR) is 235 cm³/mol. The fourth-order valence-corrected chi connectivity index (χ4v) is 7.53. The highest BCUT2D eigenvalue weighted by molar-refractivity contribution is 7.47. The smallest absolute Gasteiger partial charge is 0.462 e. The molecule has 0 aromatic carbocycles. The van der Waals surface area contributed by atoms with Crippen LogP contribution >= 0.6 is 7.82 Å². The van der Waals surface area contributed by atoms with Gasteiger partial charge in [-0.25, -0.2) is 4.57 Å². The number of phosphoric ester groups is 1. The third kappa shape index (κ3) is 42.1. The van der Waals surface area contributed by atoms with Gasteiger partial charge in [0.15, 0.2) is 6.10 Å². The second kappa shape index (κ2) is 43.1. The maximum atomic E-state index is 12.6. The van der Waals surface area contributed by atoms with Gasteiger partial charge in [0.1, 0.15) is 6.61 Å². The average molecular weight is 813 g/mol. The molecule has 0 heterocycles. The van der Waals surface area contributed by atoms with Gasteiger partial charge in [-0.15, -0.1) is 0 Å². The molecule has 0 radical (unpaired) electrons. The Balaban J connectivity index is 4.01. The number of allylic oxidation sites excluding steroid dienone is 4. The molecule has 56 heavy (non-hydrogen) atoms. The van der Waals surface area contributed by atoms with Gasteiger partial charge in [0.25, 0.3) is 0 Å². The van der Waals surface area contributed by atoms with Gasteiger partial charge in [-0.1, -0.05) is 199 Å². The first-order valence-electron chi connectivity index (χ1n) is 23.6. The number of esters is 2. The Labute approximate surface area is 345 Å². The van der Waals surface area contributed by atoms with Crippen molar-refractivity contribution in [2.75, 3.05) is 19.8 Å². The van der Waals surface area contributed by atoms with Crippen LogP contribution in [0.15, 0.2) is 24.3 Å². The van der Waals surface area contributed by atoms with Gasteiger partial charge < -0.3 is 14.4 Å². The highest BCUT2D eigenvalue weighted by Gasteiger charge is 2.25. The zero-order valence-corrected chi connectivity index (χ0v) is 37.7. The molecule has 2 atom stereocenters. The van der Waals surface area contributed by atoms with Crippen molar-refractivity contribution in [3.05, 3.63) is 24.3 Å². The molecule has 330 valence electrons. The lowest BCUT2D eigenvalue weighted by molar-refractivity contribution is -0.161. The van der Waals surface area contributed by atoms with Crippen LogP contribution in [0.2, 0.25) is 0 Å². The largest absolute Gasteiger partial charge is 0.472 e. The van der Waals surface area contributed by atoms with Crippen molar-refractivity contribution >= 4 is 19.8 Å². The first kappa shape index (κ1) is 54.5. The van der Waals surface area contributed by atoms with E-state index in [0.29, 0.717) is 12.8 Å². The molecule has 0 aromatic rings. The second-order valence-corrected chi connectivity index (χ2v) is 17.2. The van der Waals surface area contributed by atoms with Gasteiger partial charge in [0, 0.05) is 12.8 Å². The molecular weight excluding hydrogens is 723 g/mol. The third-order valence-corrected chi connectivity index (χ3v) is 11.3. The first-order valence-corrected chi connectivity index (χ1v) is 25.1. The summed E-state index contributed by atoms with van der Waals surface area (Å²) >= 11 is 0. The molecule has 0 amide bonds. The normalized spacial score (nSPS) is 13.4. The monoisotopic (exact) mass is 813 g/mol. The van der Waals surface area contributed by atoms with Crippen LogP contribution in [0.3, 0.4) is 0 Å². The van der Waals surface area contributed by atoms with Crippen molar-refractivity contribution in [2.24, 2.45) is 0 Å². The van der Waals surface area contributed by atoms with E-state index in [1.54, 1.807) is 6.92 Å². The fraction of sp³-hybridized carbons (Fsp3) is 0.872. The van der Waals surface area contributed by atoms with Crippen molar-refractivity contribution in [1.82, 2.24) is 0 Å². The number of unbranched alkanes of at least 4 members (excludes halogenated alkanes) is 28. The van der Waals surface area contributed by atoms with Crippen molar-refractivity contribution in [3.8, 4) is 0 Å². The van der Waals surface area contributed by atoms with Crippen LogP contribution in [-0.2, 0) is 32.7 Å². The predicted octanol–water partition coefficient (Wildman–Crippen LogP) is 15.0. The molecule has 1 N–H and O–H groups in total. The minimum atomic E-state index is -4.28. The van der Waals surface area contributed by atoms with Crippen LogP contribution in [0.25, 0.3) is 0 Å². The molecule has 0 aromatic heterocycles. The molecule has 0 aliphatic carbocycles. The molecule has 8 nitrogen and oxygen atoms in total. The molecule has 0 aliphatic rings. The lowest BCUT2D eigenvalue weighted by Crippen LogP contribution is -2.29. The molecule has 0 rings (SSSR count). The molecule has 0 saturated carbocycles. The van der Waals surface area contributed by atoms with E-state index in [1.807, 2.05) is 0 Å². The van der Waals surface area contributed by atoms with Gasteiger partial charge in [0.05, 0.1) is 13.2 Å². The van der Waals surface area contributed by atoms with E-state index >= 15 is 0 Å². The molecule has 0 saturated heterocycles. The number of ether oxygens (including phenoxy) is 2. The first-order chi connectivity index (χ1) is 27.3. The van der Waals surface area contributed by atoms with Crippen molar-refractivity contribution in [3.63, 3.8) is 0 Å². The van der Waals surface area contributed by atoms with E-state index in [1.165, 1.54) is 148 Å². The summed E-state index contributed by atoms with van der Waals surface area (Å²) in [5, 5.41) is 0. The summed E-state index contributed by atoms with van der Waals surface area (Å²) in [6.07, 6.45) is 48.0. The molecule has 0 aliphatic heterocycles. The van der Waals surface area contributed by atoms with Crippen molar-refractivity contribution < 1.29 is 37.6 Å². The molecule has 0 fully saturated rings. The Hall–Kier alpha value is -1.47. The Morgan fingerprint density at radius 3 is 1.30 bits per heavy atom. The van der Waals surface area contributed by atoms with E-state index in [4.69, 9.17) is 18.5 Å². The standard InChI is InChI=1S/C47H89O8P/c1-4-7-9-11-13-15-17-19-21-23-24-26-27-29-31-33-35-37-39-41-46(48)52-43-45(44-54-56(50,51)53-6-3)55-47(49)42-40-38-36-34-32-30-28-25-22-20-18-16-14-12-10-8-5-2/h14,16,20,22,45H,4-13,15,17-19,21,23-44H2,1-3H3,(H,50,51)/b16-14-,22-20-. The lowest BCUT2D eigenvalue weighted by atomic mass is 10.0. The molecule has 9 heteroatoms. The highest BCUT2D eigenvalue weighted by atomic mass is 31.2. The summed E-state index contributed by atoms with van der Waals surface area (Å²) in [4.78, 5) is 34.8. The van der Waals surface area contributed by atoms with Gasteiger partial charge in [-0.2, -0.15) is 0 Å². The SMILES string of the molecule is CCCCC/C=C\C/C=C\CCCCCCCCCC(=O)OC(COC(=O)CCCCCCCCCCCCCCCCCCCCC)COP(=O)(O)OCC. The summed E-state index contributed by atoms with van der Waals surface area (Å²) in [6.45, 7) is 5.48. The Kier molecular flexibility index (Phi) is 42.0. The lowest BCUT2D eigenvalue weighted by Gasteiger charge is -2.19. The quantitative estimate of drug-likeness (QED) is 0.0280. The summed E-state index contributed by atoms with van der Waals surface area (Å²) in [6, 6.07) is 0. The third-order valence-electron chi connectivity index (χ3n) is 10.3. The molecule has 0 bridgehead atoms. The van der Waals surface area contributed by atoms with E-state index < -0.39 is 26.5 Å². The summed E-state index contributed by atoms with van der Waals surface area (Å²) in [7, 11) is -4.28. The number of hydrogen-bond acceptors (Lipinski definition) is 7. The van der Waals surface area contributed by atoms with Crippen LogP contribution in [0.5, 0.6) is 0 Å². The number of rotatable bonds is 44. The van der Waals surface area contributed by atoms with E-state index in [2.05, 4.69) is 38.2 Å². The molecule has 0 spiro atoms. The molecule has 2 unspecified atom stereocenters. The Morgan fingerprint density at radius 2 is 0.857 bits per heavy atom. The maximum Gasteiger partial charge on any atom is 0.472 e. The van der Waals surface area contributed by atoms with Crippen LogP contribution in [0.4, 0.5) is 0 Å². The summed E-state index contributed by atoms with van der Waals surface area (Å²) < 4.78 is 32.7. The summed E-state index contributed by atoms with van der Waals surface area (Å²) in [5.41, 5.74) is 0. The van der Waals surface area contributed by atoms with Crippen LogP contribution < -0.4 is 0 Å². The van der Waals surface area contributed by atoms with Gasteiger partial charge >= 0.3 is 19.8 Å². The average Bonchev–Trinajstić information content (AvgIpc) is 3.18. The number of carbonyl (C=O) groups excluding carboxylic acids is 2. The van der Waals surface area contributed by atoms with Gasteiger partial charge in [-0.05, 0) is 51.9 Å². The van der Waals surface area contributed by atoms with Crippen LogP contribution in [0, 0.1) is 0 Å². The number of hydrogen-bond donors (Lipinski definition) is 1. The Morgan fingerprint density at radius 1 is 0.482 bits per heavy atom. The number of phosphoric acid groups is 1. The Bertz CT molecular complexity index is 968. The zero-order valence-electron chi connectivity index (χ0n) is 36.8. The van der Waals surface area contributed by atoms with Crippen molar-refractivity contribution in [1.29, 1.82) is 0 Å².